The van der Waals surface area contributed by atoms with Gasteiger partial charge >= 0.3 is 6.18 Å². The molecule has 0 spiro atoms. The molecule has 3 N–H and O–H groups in total. The maximum Gasteiger partial charge on any atom is 0.416 e. The number of halogens is 4. The van der Waals surface area contributed by atoms with Crippen molar-refractivity contribution in [3.05, 3.63) is 69.8 Å². The smallest absolute Gasteiger partial charge is 0.416 e. The van der Waals surface area contributed by atoms with E-state index in [-0.39, 0.29) is 17.2 Å². The zero-order valence-corrected chi connectivity index (χ0v) is 25.5. The lowest BCUT2D eigenvalue weighted by molar-refractivity contribution is -0.137. The van der Waals surface area contributed by atoms with E-state index >= 15 is 0 Å². The number of anilines is 3. The number of carbonyl (C=O) groups is 1. The van der Waals surface area contributed by atoms with Crippen molar-refractivity contribution in [3.8, 4) is 16.9 Å². The van der Waals surface area contributed by atoms with Gasteiger partial charge in [0.2, 0.25) is 5.95 Å². The lowest BCUT2D eigenvalue weighted by Gasteiger charge is -2.24. The number of rotatable bonds is 9. The number of nitrogen functional groups attached to an aromatic ring is 1. The molecule has 3 aromatic carbocycles. The van der Waals surface area contributed by atoms with Crippen LogP contribution in [-0.4, -0.2) is 62.1 Å². The summed E-state index contributed by atoms with van der Waals surface area (Å²) in [5.74, 6) is 0.0550. The van der Waals surface area contributed by atoms with Gasteiger partial charge in [0.25, 0.3) is 5.91 Å². The molecule has 12 heteroatoms. The molecule has 0 aliphatic rings. The normalized spacial score (nSPS) is 11.7. The van der Waals surface area contributed by atoms with E-state index in [0.29, 0.717) is 44.5 Å². The summed E-state index contributed by atoms with van der Waals surface area (Å²) in [5.41, 5.74) is 8.56. The van der Waals surface area contributed by atoms with E-state index in [2.05, 4.69) is 31.2 Å². The van der Waals surface area contributed by atoms with Gasteiger partial charge in [-0.3, -0.25) is 4.79 Å². The number of carbonyl (C=O) groups excluding carboxylic acids is 1. The van der Waals surface area contributed by atoms with Gasteiger partial charge in [-0.25, -0.2) is 9.97 Å². The number of nitrogens with zero attached hydrogens (tertiary/aromatic N) is 4. The molecule has 0 atom stereocenters. The first-order valence-corrected chi connectivity index (χ1v) is 13.9. The van der Waals surface area contributed by atoms with Gasteiger partial charge in [0, 0.05) is 36.3 Å². The van der Waals surface area contributed by atoms with Crippen molar-refractivity contribution in [2.24, 2.45) is 0 Å². The maximum atomic E-state index is 13.6. The number of nitrogens with one attached hydrogen (secondary N) is 1. The number of hydrogen-bond acceptors (Lipinski definition) is 7. The van der Waals surface area contributed by atoms with Crippen molar-refractivity contribution in [2.45, 2.75) is 19.5 Å². The number of benzene rings is 3. The van der Waals surface area contributed by atoms with Gasteiger partial charge in [0.05, 0.1) is 34.0 Å². The quantitative estimate of drug-likeness (QED) is 0.211. The van der Waals surface area contributed by atoms with Gasteiger partial charge in [0.1, 0.15) is 5.75 Å². The van der Waals surface area contributed by atoms with Gasteiger partial charge in [-0.05, 0) is 97.4 Å². The van der Waals surface area contributed by atoms with Crippen molar-refractivity contribution in [1.82, 2.24) is 14.9 Å². The van der Waals surface area contributed by atoms with Gasteiger partial charge in [0.15, 0.2) is 0 Å². The third-order valence-corrected chi connectivity index (χ3v) is 7.60. The second kappa shape index (κ2) is 12.5. The molecule has 222 valence electrons. The number of alkyl halides is 3. The molecule has 42 heavy (non-hydrogen) atoms. The zero-order valence-electron chi connectivity index (χ0n) is 23.9. The number of methoxy groups -OCH3 is 1. The van der Waals surface area contributed by atoms with E-state index in [9.17, 15) is 18.0 Å². The minimum Gasteiger partial charge on any atom is -0.495 e. The van der Waals surface area contributed by atoms with Gasteiger partial charge in [-0.15, -0.1) is 0 Å². The van der Waals surface area contributed by atoms with E-state index in [4.69, 9.17) is 10.5 Å². The summed E-state index contributed by atoms with van der Waals surface area (Å²) >= 11 is 3.56. The highest BCUT2D eigenvalue weighted by molar-refractivity contribution is 9.10. The summed E-state index contributed by atoms with van der Waals surface area (Å²) in [6.45, 7) is 3.29. The average molecular weight is 646 g/mol. The second-order valence-corrected chi connectivity index (χ2v) is 11.0. The van der Waals surface area contributed by atoms with Crippen LogP contribution in [0.5, 0.6) is 5.75 Å². The number of aryl methyl sites for hydroxylation is 1. The Hall–Kier alpha value is -3.90. The Labute approximate surface area is 250 Å². The lowest BCUT2D eigenvalue weighted by atomic mass is 9.96. The van der Waals surface area contributed by atoms with E-state index < -0.39 is 17.6 Å². The van der Waals surface area contributed by atoms with Crippen LogP contribution in [0.1, 0.15) is 27.9 Å². The molecule has 0 bridgehead atoms. The van der Waals surface area contributed by atoms with Gasteiger partial charge < -0.3 is 25.6 Å². The van der Waals surface area contributed by atoms with Crippen molar-refractivity contribution >= 4 is 50.1 Å². The van der Waals surface area contributed by atoms with Crippen LogP contribution < -0.4 is 20.7 Å². The fraction of sp³-hybridized carbons (Fsp3) is 0.300. The summed E-state index contributed by atoms with van der Waals surface area (Å²) in [6.07, 6.45) is -2.17. The molecular weight excluding hydrogens is 613 g/mol. The van der Waals surface area contributed by atoms with Crippen LogP contribution in [0, 0.1) is 6.92 Å². The first-order chi connectivity index (χ1) is 19.8. The maximum absolute atomic E-state index is 13.6. The molecular formula is C30H32BrF3N6O2. The number of hydrogen-bond donors (Lipinski definition) is 2. The van der Waals surface area contributed by atoms with Crippen LogP contribution in [0.25, 0.3) is 22.0 Å². The van der Waals surface area contributed by atoms with Crippen molar-refractivity contribution in [1.29, 1.82) is 0 Å². The summed E-state index contributed by atoms with van der Waals surface area (Å²) in [4.78, 5) is 25.8. The monoisotopic (exact) mass is 644 g/mol. The molecule has 0 saturated heterocycles. The van der Waals surface area contributed by atoms with Crippen LogP contribution in [0.15, 0.2) is 53.1 Å². The molecule has 1 heterocycles. The number of fused-ring (bicyclic) bond motifs is 1. The molecule has 0 unspecified atom stereocenters. The van der Waals surface area contributed by atoms with Crippen molar-refractivity contribution < 1.29 is 22.7 Å². The molecule has 0 fully saturated rings. The fourth-order valence-electron chi connectivity index (χ4n) is 4.67. The number of amides is 1. The van der Waals surface area contributed by atoms with E-state index in [1.54, 1.807) is 31.4 Å². The molecule has 0 aliphatic heterocycles. The van der Waals surface area contributed by atoms with Crippen LogP contribution in [-0.2, 0) is 6.18 Å². The molecule has 1 amide bonds. The van der Waals surface area contributed by atoms with E-state index in [0.717, 1.165) is 30.7 Å². The molecule has 4 rings (SSSR count). The molecule has 0 radical (unpaired) electrons. The molecule has 1 aromatic heterocycles. The Morgan fingerprint density at radius 3 is 2.48 bits per heavy atom. The summed E-state index contributed by atoms with van der Waals surface area (Å²) in [6, 6.07) is 10.3. The Balaban J connectivity index is 1.73. The standard InChI is InChI=1S/C30H32BrF3N6O2/c1-17-7-8-18(13-21(17)22-14-19-16-36-29(35)38-26(19)25(31)27(22)42-5)28(41)37-23-15-20(30(32,33)34)9-10-24(23)40(4)12-6-11-39(2)3/h7-10,13-16H,6,11-12H2,1-5H3,(H,37,41)(H2,35,36,38). The third-order valence-electron chi connectivity index (χ3n) is 6.86. The van der Waals surface area contributed by atoms with E-state index in [1.807, 2.05) is 36.9 Å². The van der Waals surface area contributed by atoms with Crippen molar-refractivity contribution in [3.63, 3.8) is 0 Å². The molecule has 4 aromatic rings. The third kappa shape index (κ3) is 6.76. The van der Waals surface area contributed by atoms with E-state index in [1.165, 1.54) is 13.2 Å². The SMILES string of the molecule is COc1c(-c2cc(C(=O)Nc3cc(C(F)(F)F)ccc3N(C)CCCN(C)C)ccc2C)cc2cnc(N)nc2c1Br. The van der Waals surface area contributed by atoms with Crippen LogP contribution in [0.4, 0.5) is 30.5 Å². The van der Waals surface area contributed by atoms with Crippen molar-refractivity contribution in [2.75, 3.05) is 57.3 Å². The topological polar surface area (TPSA) is 96.6 Å². The van der Waals surface area contributed by atoms with Gasteiger partial charge in [-0.1, -0.05) is 6.07 Å². The zero-order chi connectivity index (χ0) is 30.8. The summed E-state index contributed by atoms with van der Waals surface area (Å²) in [7, 11) is 7.22. The van der Waals surface area contributed by atoms with Gasteiger partial charge in [-0.2, -0.15) is 13.2 Å². The largest absolute Gasteiger partial charge is 0.495 e. The van der Waals surface area contributed by atoms with Crippen LogP contribution >= 0.6 is 15.9 Å². The predicted molar refractivity (Wildman–Crippen MR) is 164 cm³/mol. The highest BCUT2D eigenvalue weighted by Gasteiger charge is 2.31. The first kappa shape index (κ1) is 31.0. The average Bonchev–Trinajstić information content (AvgIpc) is 2.92. The molecule has 0 saturated carbocycles. The van der Waals surface area contributed by atoms with Crippen LogP contribution in [0.2, 0.25) is 0 Å². The number of aromatic nitrogens is 2. The predicted octanol–water partition coefficient (Wildman–Crippen LogP) is 6.62. The number of ether oxygens (including phenoxy) is 1. The summed E-state index contributed by atoms with van der Waals surface area (Å²) < 4.78 is 47.1. The second-order valence-electron chi connectivity index (χ2n) is 10.2. The highest BCUT2D eigenvalue weighted by Crippen LogP contribution is 2.42. The first-order valence-electron chi connectivity index (χ1n) is 13.1. The minimum atomic E-state index is -4.56. The Morgan fingerprint density at radius 2 is 1.81 bits per heavy atom. The Bertz CT molecular complexity index is 1630. The molecule has 0 aliphatic carbocycles. The summed E-state index contributed by atoms with van der Waals surface area (Å²) in [5, 5.41) is 3.43. The lowest BCUT2D eigenvalue weighted by Crippen LogP contribution is -2.25. The fourth-order valence-corrected chi connectivity index (χ4v) is 5.36. The number of nitrogens with two attached hydrogens (primary N) is 1. The minimum absolute atomic E-state index is 0.0741. The Kier molecular flexibility index (Phi) is 9.27. The Morgan fingerprint density at radius 1 is 1.07 bits per heavy atom. The highest BCUT2D eigenvalue weighted by atomic mass is 79.9. The molecule has 8 nitrogen and oxygen atoms in total. The van der Waals surface area contributed by atoms with Crippen LogP contribution in [0.3, 0.4) is 0 Å².